The van der Waals surface area contributed by atoms with Crippen molar-refractivity contribution in [3.8, 4) is 0 Å². The molecule has 0 saturated heterocycles. The van der Waals surface area contributed by atoms with Gasteiger partial charge in [-0.15, -0.1) is 0 Å². The zero-order chi connectivity index (χ0) is 11.9. The van der Waals surface area contributed by atoms with Crippen LogP contribution in [0.1, 0.15) is 71.1 Å². The van der Waals surface area contributed by atoms with Gasteiger partial charge in [0.05, 0.1) is 0 Å². The van der Waals surface area contributed by atoms with Crippen LogP contribution in [-0.4, -0.2) is 0 Å². The van der Waals surface area contributed by atoms with Crippen LogP contribution in [0.15, 0.2) is 24.3 Å². The molecule has 1 radical (unpaired) electrons. The van der Waals surface area contributed by atoms with Gasteiger partial charge in [-0.2, -0.15) is 0 Å². The summed E-state index contributed by atoms with van der Waals surface area (Å²) >= 11 is 0. The Morgan fingerprint density at radius 2 is 1.38 bits per heavy atom. The number of unbranched alkanes of at least 4 members (excludes halogenated alkanes) is 7. The Labute approximate surface area is 103 Å². The Morgan fingerprint density at radius 1 is 0.750 bits per heavy atom. The van der Waals surface area contributed by atoms with Crippen LogP contribution >= 0.6 is 0 Å². The van der Waals surface area contributed by atoms with Crippen molar-refractivity contribution in [1.29, 1.82) is 0 Å². The lowest BCUT2D eigenvalue weighted by atomic mass is 10.1. The molecule has 0 bridgehead atoms. The molecule has 0 heteroatoms. The number of rotatable bonds is 11. The summed E-state index contributed by atoms with van der Waals surface area (Å²) in [4.78, 5) is 0. The molecule has 0 aromatic heterocycles. The van der Waals surface area contributed by atoms with Crippen LogP contribution in [0.3, 0.4) is 0 Å². The predicted octanol–water partition coefficient (Wildman–Crippen LogP) is 5.85. The molecule has 0 amide bonds. The van der Waals surface area contributed by atoms with Crippen molar-refractivity contribution in [3.05, 3.63) is 31.2 Å². The van der Waals surface area contributed by atoms with Gasteiger partial charge in [-0.25, -0.2) is 0 Å². The molecule has 0 aromatic rings. The van der Waals surface area contributed by atoms with E-state index in [1.165, 1.54) is 51.4 Å². The largest absolute Gasteiger partial charge is 0.0882 e. The average molecular weight is 221 g/mol. The van der Waals surface area contributed by atoms with Gasteiger partial charge in [-0.05, 0) is 25.7 Å². The summed E-state index contributed by atoms with van der Waals surface area (Å²) in [7, 11) is 0. The van der Waals surface area contributed by atoms with Crippen LogP contribution in [0.25, 0.3) is 0 Å². The van der Waals surface area contributed by atoms with E-state index in [-0.39, 0.29) is 0 Å². The molecule has 0 spiro atoms. The molecular weight excluding hydrogens is 192 g/mol. The van der Waals surface area contributed by atoms with Gasteiger partial charge in [0.2, 0.25) is 0 Å². The maximum Gasteiger partial charge on any atom is -0.0169 e. The van der Waals surface area contributed by atoms with Gasteiger partial charge in [-0.1, -0.05) is 76.7 Å². The zero-order valence-corrected chi connectivity index (χ0v) is 11.1. The van der Waals surface area contributed by atoms with Crippen LogP contribution in [0.4, 0.5) is 0 Å². The third-order valence-corrected chi connectivity index (χ3v) is 2.68. The summed E-state index contributed by atoms with van der Waals surface area (Å²) < 4.78 is 0. The van der Waals surface area contributed by atoms with Crippen molar-refractivity contribution < 1.29 is 0 Å². The van der Waals surface area contributed by atoms with Crippen molar-refractivity contribution in [1.82, 2.24) is 0 Å². The van der Waals surface area contributed by atoms with E-state index in [4.69, 9.17) is 0 Å². The van der Waals surface area contributed by atoms with Crippen molar-refractivity contribution in [3.63, 3.8) is 0 Å². The fraction of sp³-hybridized carbons (Fsp3) is 0.688. The van der Waals surface area contributed by atoms with Gasteiger partial charge >= 0.3 is 0 Å². The Morgan fingerprint density at radius 3 is 2.06 bits per heavy atom. The number of hydrogen-bond acceptors (Lipinski definition) is 0. The quantitative estimate of drug-likeness (QED) is 0.303. The minimum Gasteiger partial charge on any atom is -0.0882 e. The van der Waals surface area contributed by atoms with E-state index >= 15 is 0 Å². The highest BCUT2D eigenvalue weighted by atomic mass is 13.9. The van der Waals surface area contributed by atoms with Crippen molar-refractivity contribution in [2.45, 2.75) is 71.1 Å². The van der Waals surface area contributed by atoms with Crippen LogP contribution in [0.2, 0.25) is 0 Å². The molecule has 0 saturated carbocycles. The van der Waals surface area contributed by atoms with E-state index in [1.54, 1.807) is 0 Å². The van der Waals surface area contributed by atoms with E-state index in [0.29, 0.717) is 0 Å². The molecule has 0 heterocycles. The van der Waals surface area contributed by atoms with E-state index < -0.39 is 0 Å². The van der Waals surface area contributed by atoms with Gasteiger partial charge in [0.25, 0.3) is 0 Å². The molecule has 0 N–H and O–H groups in total. The normalized spacial score (nSPS) is 11.9. The van der Waals surface area contributed by atoms with Crippen molar-refractivity contribution in [2.75, 3.05) is 0 Å². The summed E-state index contributed by atoms with van der Waals surface area (Å²) in [5, 5.41) is 0. The summed E-state index contributed by atoms with van der Waals surface area (Å²) in [5.74, 6) is 0. The second-order valence-electron chi connectivity index (χ2n) is 4.38. The molecular formula is C16H29. The lowest BCUT2D eigenvalue weighted by molar-refractivity contribution is 0.621. The zero-order valence-electron chi connectivity index (χ0n) is 11.1. The third kappa shape index (κ3) is 13.5. The predicted molar refractivity (Wildman–Crippen MR) is 75.5 cm³/mol. The minimum atomic E-state index is 1.10. The van der Waals surface area contributed by atoms with Gasteiger partial charge < -0.3 is 0 Å². The van der Waals surface area contributed by atoms with Crippen LogP contribution in [0.5, 0.6) is 0 Å². The fourth-order valence-corrected chi connectivity index (χ4v) is 1.64. The summed E-state index contributed by atoms with van der Waals surface area (Å²) in [6.07, 6.45) is 21.9. The molecule has 0 aliphatic heterocycles. The van der Waals surface area contributed by atoms with Gasteiger partial charge in [0.15, 0.2) is 0 Å². The molecule has 0 unspecified atom stereocenters. The first kappa shape index (κ1) is 15.5. The van der Waals surface area contributed by atoms with Crippen molar-refractivity contribution in [2.24, 2.45) is 0 Å². The standard InChI is InChI=1S/C16H29/c1-3-5-7-9-11-13-15-16-14-12-10-8-6-4-2/h8,10,14,16H,1,3-7,9,11-13,15H2,2H3. The maximum atomic E-state index is 3.86. The fourth-order valence-electron chi connectivity index (χ4n) is 1.64. The molecule has 0 atom stereocenters. The van der Waals surface area contributed by atoms with E-state index in [2.05, 4.69) is 38.2 Å². The second kappa shape index (κ2) is 14.5. The third-order valence-electron chi connectivity index (χ3n) is 2.68. The highest BCUT2D eigenvalue weighted by Gasteiger charge is 1.87. The minimum absolute atomic E-state index is 1.10. The van der Waals surface area contributed by atoms with E-state index in [1.807, 2.05) is 0 Å². The van der Waals surface area contributed by atoms with Crippen LogP contribution < -0.4 is 0 Å². The monoisotopic (exact) mass is 221 g/mol. The number of allylic oxidation sites excluding steroid dienone is 4. The Bertz CT molecular complexity index is 165. The molecule has 0 aliphatic rings. The summed E-state index contributed by atoms with van der Waals surface area (Å²) in [6, 6.07) is 0. The molecule has 0 aliphatic carbocycles. The Balaban J connectivity index is 3.09. The second-order valence-corrected chi connectivity index (χ2v) is 4.38. The molecule has 0 fully saturated rings. The average Bonchev–Trinajstić information content (AvgIpc) is 2.31. The van der Waals surface area contributed by atoms with Gasteiger partial charge in [-0.3, -0.25) is 0 Å². The number of hydrogen-bond donors (Lipinski definition) is 0. The lowest BCUT2D eigenvalue weighted by Gasteiger charge is -1.97. The SMILES string of the molecule is [CH2]CCCCCCCC=CCC=CCCC. The first-order valence-electron chi connectivity index (χ1n) is 7.01. The smallest absolute Gasteiger partial charge is 0.0169 e. The van der Waals surface area contributed by atoms with Crippen LogP contribution in [0, 0.1) is 6.92 Å². The highest BCUT2D eigenvalue weighted by Crippen LogP contribution is 2.07. The molecule has 16 heavy (non-hydrogen) atoms. The topological polar surface area (TPSA) is 0 Å². The van der Waals surface area contributed by atoms with Crippen molar-refractivity contribution >= 4 is 0 Å². The summed E-state index contributed by atoms with van der Waals surface area (Å²) in [6.45, 7) is 6.07. The summed E-state index contributed by atoms with van der Waals surface area (Å²) in [5.41, 5.74) is 0. The Hall–Kier alpha value is -0.520. The molecule has 0 rings (SSSR count). The molecule has 0 nitrogen and oxygen atoms in total. The van der Waals surface area contributed by atoms with E-state index in [9.17, 15) is 0 Å². The maximum absolute atomic E-state index is 3.86. The lowest BCUT2D eigenvalue weighted by Crippen LogP contribution is -1.77. The first-order chi connectivity index (χ1) is 7.91. The molecule has 0 aromatic carbocycles. The highest BCUT2D eigenvalue weighted by molar-refractivity contribution is 4.92. The van der Waals surface area contributed by atoms with Gasteiger partial charge in [0, 0.05) is 0 Å². The molecule has 93 valence electrons. The van der Waals surface area contributed by atoms with E-state index in [0.717, 1.165) is 12.8 Å². The van der Waals surface area contributed by atoms with Gasteiger partial charge in [0.1, 0.15) is 0 Å². The first-order valence-corrected chi connectivity index (χ1v) is 7.01. The van der Waals surface area contributed by atoms with Crippen LogP contribution in [-0.2, 0) is 0 Å². The Kier molecular flexibility index (Phi) is 14.0.